The van der Waals surface area contributed by atoms with Crippen molar-refractivity contribution in [2.75, 3.05) is 14.2 Å². The monoisotopic (exact) mass is 278 g/mol. The molecule has 1 aromatic carbocycles. The Kier molecular flexibility index (Phi) is 3.60. The zero-order valence-corrected chi connectivity index (χ0v) is 10.6. The number of hydrogen-bond acceptors (Lipinski definition) is 7. The quantitative estimate of drug-likeness (QED) is 0.491. The van der Waals surface area contributed by atoms with Crippen LogP contribution in [0.25, 0.3) is 0 Å². The fraction of sp³-hybridized carbons (Fsp3) is 0.182. The highest BCUT2D eigenvalue weighted by atomic mass is 16.6. The van der Waals surface area contributed by atoms with Gasteiger partial charge in [0.15, 0.2) is 17.2 Å². The molecule has 0 aliphatic heterocycles. The Hall–Kier alpha value is -2.97. The molecule has 0 unspecified atom stereocenters. The zero-order valence-electron chi connectivity index (χ0n) is 10.6. The number of H-pyrrole nitrogens is 1. The Morgan fingerprint density at radius 1 is 1.30 bits per heavy atom. The molecule has 0 fully saturated rings. The Balaban J connectivity index is 2.61. The van der Waals surface area contributed by atoms with E-state index < -0.39 is 16.4 Å². The van der Waals surface area contributed by atoms with Crippen molar-refractivity contribution in [1.82, 2.24) is 15.4 Å². The second-order valence-corrected chi connectivity index (χ2v) is 3.67. The number of carbonyl (C=O) groups is 1. The summed E-state index contributed by atoms with van der Waals surface area (Å²) in [5.41, 5.74) is -0.572. The van der Waals surface area contributed by atoms with Crippen molar-refractivity contribution in [3.8, 4) is 11.5 Å². The third-order valence-electron chi connectivity index (χ3n) is 2.59. The van der Waals surface area contributed by atoms with E-state index in [4.69, 9.17) is 9.47 Å². The van der Waals surface area contributed by atoms with E-state index in [1.807, 2.05) is 0 Å². The van der Waals surface area contributed by atoms with Crippen molar-refractivity contribution in [3.05, 3.63) is 39.7 Å². The van der Waals surface area contributed by atoms with Crippen LogP contribution in [0.15, 0.2) is 18.3 Å². The first-order valence-corrected chi connectivity index (χ1v) is 5.39. The van der Waals surface area contributed by atoms with Crippen LogP contribution in [-0.4, -0.2) is 40.3 Å². The number of ether oxygens (including phenoxy) is 2. The van der Waals surface area contributed by atoms with Crippen molar-refractivity contribution in [2.24, 2.45) is 0 Å². The van der Waals surface area contributed by atoms with Crippen LogP contribution < -0.4 is 9.47 Å². The molecular weight excluding hydrogens is 268 g/mol. The molecular formula is C11H10N4O5. The molecule has 0 radical (unpaired) electrons. The van der Waals surface area contributed by atoms with Crippen molar-refractivity contribution in [2.45, 2.75) is 0 Å². The lowest BCUT2D eigenvalue weighted by Crippen LogP contribution is -2.07. The second kappa shape index (κ2) is 5.34. The number of benzene rings is 1. The maximum atomic E-state index is 12.2. The Morgan fingerprint density at radius 2 is 1.95 bits per heavy atom. The van der Waals surface area contributed by atoms with E-state index in [1.165, 1.54) is 26.5 Å². The van der Waals surface area contributed by atoms with Gasteiger partial charge >= 0.3 is 0 Å². The molecule has 0 atom stereocenters. The maximum absolute atomic E-state index is 12.2. The molecule has 104 valence electrons. The first-order chi connectivity index (χ1) is 9.58. The number of nitrogens with one attached hydrogen (secondary N) is 1. The van der Waals surface area contributed by atoms with Crippen LogP contribution in [-0.2, 0) is 0 Å². The lowest BCUT2D eigenvalue weighted by molar-refractivity contribution is -0.385. The van der Waals surface area contributed by atoms with E-state index >= 15 is 0 Å². The molecule has 0 aliphatic rings. The number of ketones is 1. The molecule has 1 heterocycles. The molecule has 1 N–H and O–H groups in total. The minimum absolute atomic E-state index is 0.0275. The summed E-state index contributed by atoms with van der Waals surface area (Å²) in [4.78, 5) is 22.6. The summed E-state index contributed by atoms with van der Waals surface area (Å²) in [5.74, 6) is -0.257. The molecule has 9 heteroatoms. The van der Waals surface area contributed by atoms with Gasteiger partial charge in [-0.05, 0) is 0 Å². The molecule has 0 saturated carbocycles. The molecule has 0 aliphatic carbocycles. The Morgan fingerprint density at radius 3 is 2.45 bits per heavy atom. The van der Waals surface area contributed by atoms with Crippen LogP contribution >= 0.6 is 0 Å². The number of methoxy groups -OCH3 is 2. The summed E-state index contributed by atoms with van der Waals surface area (Å²) in [6, 6.07) is 2.38. The van der Waals surface area contributed by atoms with E-state index in [1.54, 1.807) is 0 Å². The number of rotatable bonds is 5. The van der Waals surface area contributed by atoms with Gasteiger partial charge in [0.05, 0.1) is 31.4 Å². The van der Waals surface area contributed by atoms with Gasteiger partial charge in [-0.3, -0.25) is 14.9 Å². The molecule has 0 bridgehead atoms. The standard InChI is InChI=1S/C11H10N4O5/c1-19-9-3-6(11(16)7-5-12-14-13-7)8(15(17)18)4-10(9)20-2/h3-5H,1-2H3,(H,12,13,14). The smallest absolute Gasteiger partial charge is 0.284 e. The molecule has 1 aromatic heterocycles. The summed E-state index contributed by atoms with van der Waals surface area (Å²) in [6.07, 6.45) is 1.18. The maximum Gasteiger partial charge on any atom is 0.284 e. The normalized spacial score (nSPS) is 10.1. The number of nitro benzene ring substituents is 1. The van der Waals surface area contributed by atoms with Gasteiger partial charge in [-0.2, -0.15) is 15.4 Å². The summed E-state index contributed by atoms with van der Waals surface area (Å²) in [5, 5.41) is 20.5. The van der Waals surface area contributed by atoms with Gasteiger partial charge < -0.3 is 9.47 Å². The molecule has 0 spiro atoms. The van der Waals surface area contributed by atoms with Gasteiger partial charge in [0.25, 0.3) is 5.69 Å². The highest BCUT2D eigenvalue weighted by Crippen LogP contribution is 2.35. The fourth-order valence-corrected chi connectivity index (χ4v) is 1.65. The van der Waals surface area contributed by atoms with Crippen LogP contribution in [0.2, 0.25) is 0 Å². The highest BCUT2D eigenvalue weighted by molar-refractivity contribution is 6.10. The van der Waals surface area contributed by atoms with Crippen molar-refractivity contribution in [3.63, 3.8) is 0 Å². The predicted octanol–water partition coefficient (Wildman–Crippen LogP) is 0.961. The van der Waals surface area contributed by atoms with E-state index in [0.717, 1.165) is 6.07 Å². The van der Waals surface area contributed by atoms with Crippen molar-refractivity contribution >= 4 is 11.5 Å². The largest absolute Gasteiger partial charge is 0.493 e. The fourth-order valence-electron chi connectivity index (χ4n) is 1.65. The number of carbonyl (C=O) groups excluding carboxylic acids is 1. The Labute approximate surface area is 112 Å². The first kappa shape index (κ1) is 13.5. The minimum Gasteiger partial charge on any atom is -0.493 e. The molecule has 20 heavy (non-hydrogen) atoms. The van der Waals surface area contributed by atoms with Gasteiger partial charge in [-0.1, -0.05) is 0 Å². The molecule has 0 amide bonds. The molecule has 9 nitrogen and oxygen atoms in total. The lowest BCUT2D eigenvalue weighted by atomic mass is 10.1. The van der Waals surface area contributed by atoms with Gasteiger partial charge in [0.1, 0.15) is 5.56 Å². The molecule has 2 aromatic rings. The van der Waals surface area contributed by atoms with E-state index in [9.17, 15) is 14.9 Å². The van der Waals surface area contributed by atoms with Gasteiger partial charge in [-0.25, -0.2) is 0 Å². The second-order valence-electron chi connectivity index (χ2n) is 3.67. The van der Waals surface area contributed by atoms with Crippen molar-refractivity contribution in [1.29, 1.82) is 0 Å². The summed E-state index contributed by atoms with van der Waals surface area (Å²) >= 11 is 0. The zero-order chi connectivity index (χ0) is 14.7. The summed E-state index contributed by atoms with van der Waals surface area (Å²) < 4.78 is 10.0. The number of aromatic nitrogens is 3. The summed E-state index contributed by atoms with van der Waals surface area (Å²) in [7, 11) is 2.72. The topological polar surface area (TPSA) is 120 Å². The van der Waals surface area contributed by atoms with Crippen LogP contribution in [0.4, 0.5) is 5.69 Å². The highest BCUT2D eigenvalue weighted by Gasteiger charge is 2.26. The number of nitro groups is 1. The van der Waals surface area contributed by atoms with Gasteiger partial charge in [0, 0.05) is 6.07 Å². The van der Waals surface area contributed by atoms with E-state index in [2.05, 4.69) is 15.4 Å². The summed E-state index contributed by atoms with van der Waals surface area (Å²) in [6.45, 7) is 0. The molecule has 2 rings (SSSR count). The van der Waals surface area contributed by atoms with Crippen LogP contribution in [0.3, 0.4) is 0 Å². The van der Waals surface area contributed by atoms with Gasteiger partial charge in [-0.15, -0.1) is 0 Å². The van der Waals surface area contributed by atoms with E-state index in [0.29, 0.717) is 0 Å². The average Bonchev–Trinajstić information content (AvgIpc) is 2.98. The third kappa shape index (κ3) is 2.28. The van der Waals surface area contributed by atoms with Crippen LogP contribution in [0.1, 0.15) is 16.1 Å². The Bertz CT molecular complexity index is 653. The number of aromatic amines is 1. The lowest BCUT2D eigenvalue weighted by Gasteiger charge is -2.09. The van der Waals surface area contributed by atoms with Crippen LogP contribution in [0.5, 0.6) is 11.5 Å². The SMILES string of the molecule is COc1cc(C(=O)c2cn[nH]n2)c([N+](=O)[O-])cc1OC. The number of nitrogens with zero attached hydrogens (tertiary/aromatic N) is 3. The third-order valence-corrected chi connectivity index (χ3v) is 2.59. The molecule has 0 saturated heterocycles. The average molecular weight is 278 g/mol. The van der Waals surface area contributed by atoms with Gasteiger partial charge in [0.2, 0.25) is 5.78 Å². The number of hydrogen-bond donors (Lipinski definition) is 1. The first-order valence-electron chi connectivity index (χ1n) is 5.39. The van der Waals surface area contributed by atoms with Crippen molar-refractivity contribution < 1.29 is 19.2 Å². The van der Waals surface area contributed by atoms with Crippen LogP contribution in [0, 0.1) is 10.1 Å². The van der Waals surface area contributed by atoms with E-state index in [-0.39, 0.29) is 22.8 Å². The minimum atomic E-state index is -0.671. The predicted molar refractivity (Wildman–Crippen MR) is 66.0 cm³/mol.